The first-order valence-electron chi connectivity index (χ1n) is 11.3. The van der Waals surface area contributed by atoms with Crippen molar-refractivity contribution in [2.45, 2.75) is 19.6 Å². The minimum absolute atomic E-state index is 0.268. The average Bonchev–Trinajstić information content (AvgIpc) is 3.30. The molecular formula is C28H28FN3O3. The lowest BCUT2D eigenvalue weighted by Crippen LogP contribution is -2.34. The van der Waals surface area contributed by atoms with Crippen LogP contribution in [0.25, 0.3) is 0 Å². The first-order valence-corrected chi connectivity index (χ1v) is 11.3. The highest BCUT2D eigenvalue weighted by molar-refractivity contribution is 5.91. The molecule has 180 valence electrons. The lowest BCUT2D eigenvalue weighted by Gasteiger charge is -2.25. The molecule has 35 heavy (non-hydrogen) atoms. The Kier molecular flexibility index (Phi) is 7.67. The number of carbonyl (C=O) groups excluding carboxylic acids is 1. The topological polar surface area (TPSA) is 55.7 Å². The van der Waals surface area contributed by atoms with E-state index in [1.165, 1.54) is 12.1 Å². The quantitative estimate of drug-likeness (QED) is 0.328. The van der Waals surface area contributed by atoms with Crippen molar-refractivity contribution in [3.05, 3.63) is 114 Å². The van der Waals surface area contributed by atoms with Crippen LogP contribution in [0.1, 0.15) is 16.8 Å². The van der Waals surface area contributed by atoms with Gasteiger partial charge in [0.15, 0.2) is 0 Å². The van der Waals surface area contributed by atoms with Gasteiger partial charge in [0.2, 0.25) is 0 Å². The van der Waals surface area contributed by atoms with Crippen molar-refractivity contribution < 1.29 is 18.7 Å². The Morgan fingerprint density at radius 1 is 0.886 bits per heavy atom. The molecule has 2 amide bonds. The van der Waals surface area contributed by atoms with Gasteiger partial charge in [-0.25, -0.2) is 9.18 Å². The van der Waals surface area contributed by atoms with E-state index < -0.39 is 0 Å². The van der Waals surface area contributed by atoms with Crippen molar-refractivity contribution in [1.29, 1.82) is 0 Å². The molecule has 0 aliphatic heterocycles. The van der Waals surface area contributed by atoms with Crippen LogP contribution in [0.3, 0.4) is 0 Å². The largest absolute Gasteiger partial charge is 0.497 e. The third-order valence-corrected chi connectivity index (χ3v) is 5.67. The molecule has 4 aromatic rings. The van der Waals surface area contributed by atoms with Crippen LogP contribution in [-0.4, -0.2) is 29.7 Å². The van der Waals surface area contributed by atoms with Crippen molar-refractivity contribution in [3.63, 3.8) is 0 Å². The maximum absolute atomic E-state index is 13.7. The van der Waals surface area contributed by atoms with E-state index in [1.807, 2.05) is 59.3 Å². The maximum atomic E-state index is 13.7. The number of aromatic nitrogens is 1. The van der Waals surface area contributed by atoms with Crippen LogP contribution >= 0.6 is 0 Å². The maximum Gasteiger partial charge on any atom is 0.322 e. The summed E-state index contributed by atoms with van der Waals surface area (Å²) in [6.07, 6.45) is 1.94. The number of amides is 2. The summed E-state index contributed by atoms with van der Waals surface area (Å²) in [6, 6.07) is 25.2. The van der Waals surface area contributed by atoms with Crippen LogP contribution in [-0.2, 0) is 19.6 Å². The summed E-state index contributed by atoms with van der Waals surface area (Å²) in [5.41, 5.74) is 3.34. The molecule has 0 saturated carbocycles. The van der Waals surface area contributed by atoms with Gasteiger partial charge in [-0.3, -0.25) is 0 Å². The second-order valence-electron chi connectivity index (χ2n) is 8.10. The normalized spacial score (nSPS) is 10.6. The fourth-order valence-corrected chi connectivity index (χ4v) is 3.87. The Balaban J connectivity index is 1.57. The number of halogens is 1. The Morgan fingerprint density at radius 2 is 1.69 bits per heavy atom. The molecule has 0 unspecified atom stereocenters. The molecule has 0 saturated heterocycles. The minimum atomic E-state index is -0.269. The van der Waals surface area contributed by atoms with Crippen molar-refractivity contribution in [2.24, 2.45) is 0 Å². The molecule has 1 N–H and O–H groups in total. The van der Waals surface area contributed by atoms with E-state index in [-0.39, 0.29) is 11.8 Å². The van der Waals surface area contributed by atoms with Crippen molar-refractivity contribution >= 4 is 11.7 Å². The van der Waals surface area contributed by atoms with Gasteiger partial charge in [0.25, 0.3) is 0 Å². The zero-order valence-corrected chi connectivity index (χ0v) is 19.8. The molecule has 0 radical (unpaired) electrons. The van der Waals surface area contributed by atoms with Gasteiger partial charge >= 0.3 is 6.03 Å². The summed E-state index contributed by atoms with van der Waals surface area (Å²) in [6.45, 7) is 1.28. The second-order valence-corrected chi connectivity index (χ2v) is 8.10. The van der Waals surface area contributed by atoms with Gasteiger partial charge in [-0.1, -0.05) is 42.5 Å². The van der Waals surface area contributed by atoms with Crippen LogP contribution in [0.2, 0.25) is 0 Å². The number of nitrogens with one attached hydrogen (secondary N) is 1. The van der Waals surface area contributed by atoms with Gasteiger partial charge in [0.1, 0.15) is 17.3 Å². The minimum Gasteiger partial charge on any atom is -0.497 e. The van der Waals surface area contributed by atoms with E-state index in [4.69, 9.17) is 9.47 Å². The Bertz CT molecular complexity index is 1270. The molecular weight excluding hydrogens is 445 g/mol. The highest BCUT2D eigenvalue weighted by Gasteiger charge is 2.19. The summed E-state index contributed by atoms with van der Waals surface area (Å²) < 4.78 is 26.4. The smallest absolute Gasteiger partial charge is 0.322 e. The van der Waals surface area contributed by atoms with Gasteiger partial charge in [-0.15, -0.1) is 0 Å². The number of anilines is 1. The molecule has 0 aliphatic rings. The zero-order chi connectivity index (χ0) is 24.6. The molecule has 6 nitrogen and oxygen atoms in total. The van der Waals surface area contributed by atoms with E-state index in [0.29, 0.717) is 36.8 Å². The summed E-state index contributed by atoms with van der Waals surface area (Å²) in [5.74, 6) is 0.873. The van der Waals surface area contributed by atoms with E-state index in [1.54, 1.807) is 43.4 Å². The highest BCUT2D eigenvalue weighted by Crippen LogP contribution is 2.29. The Hall–Kier alpha value is -4.26. The van der Waals surface area contributed by atoms with Gasteiger partial charge in [0, 0.05) is 31.0 Å². The molecule has 4 rings (SSSR count). The summed E-state index contributed by atoms with van der Waals surface area (Å²) in [5, 5.41) is 2.97. The molecule has 3 aromatic carbocycles. The Labute approximate surface area is 204 Å². The number of carbonyl (C=O) groups is 1. The summed E-state index contributed by atoms with van der Waals surface area (Å²) in [7, 11) is 3.12. The van der Waals surface area contributed by atoms with Gasteiger partial charge in [-0.05, 0) is 47.5 Å². The monoisotopic (exact) mass is 473 g/mol. The fourth-order valence-electron chi connectivity index (χ4n) is 3.87. The van der Waals surface area contributed by atoms with Crippen LogP contribution in [0.15, 0.2) is 91.1 Å². The second kappa shape index (κ2) is 11.2. The van der Waals surface area contributed by atoms with Crippen LogP contribution in [0, 0.1) is 5.82 Å². The first-order chi connectivity index (χ1) is 17.1. The van der Waals surface area contributed by atoms with Crippen molar-refractivity contribution in [1.82, 2.24) is 9.47 Å². The number of urea groups is 1. The summed E-state index contributed by atoms with van der Waals surface area (Å²) in [4.78, 5) is 15.2. The highest BCUT2D eigenvalue weighted by atomic mass is 19.1. The number of rotatable bonds is 9. The predicted octanol–water partition coefficient (Wildman–Crippen LogP) is 5.93. The van der Waals surface area contributed by atoms with E-state index in [2.05, 4.69) is 5.32 Å². The molecule has 1 heterocycles. The standard InChI is InChI=1S/C28H28FN3O3/c1-34-25-13-14-26(27(17-25)35-2)30-28(33)32(18-21-8-4-3-5-9-21)20-24-12-7-15-31(24)19-22-10-6-11-23(29)16-22/h3-17H,18-20H2,1-2H3,(H,30,33). The lowest BCUT2D eigenvalue weighted by atomic mass is 10.2. The zero-order valence-electron chi connectivity index (χ0n) is 19.8. The molecule has 0 bridgehead atoms. The number of nitrogens with zero attached hydrogens (tertiary/aromatic N) is 2. The predicted molar refractivity (Wildman–Crippen MR) is 134 cm³/mol. The fraction of sp³-hybridized carbons (Fsp3) is 0.179. The molecule has 7 heteroatoms. The first kappa shape index (κ1) is 23.9. The third kappa shape index (κ3) is 6.20. The molecule has 0 spiro atoms. The number of hydrogen-bond acceptors (Lipinski definition) is 3. The van der Waals surface area contributed by atoms with Gasteiger partial charge < -0.3 is 24.3 Å². The molecule has 0 aliphatic carbocycles. The molecule has 0 atom stereocenters. The lowest BCUT2D eigenvalue weighted by molar-refractivity contribution is 0.205. The SMILES string of the molecule is COc1ccc(NC(=O)N(Cc2ccccc2)Cc2cccn2Cc2cccc(F)c2)c(OC)c1. The number of ether oxygens (including phenoxy) is 2. The molecule has 1 aromatic heterocycles. The van der Waals surface area contributed by atoms with Crippen LogP contribution < -0.4 is 14.8 Å². The van der Waals surface area contributed by atoms with E-state index in [9.17, 15) is 9.18 Å². The van der Waals surface area contributed by atoms with Crippen LogP contribution in [0.5, 0.6) is 11.5 Å². The summed E-state index contributed by atoms with van der Waals surface area (Å²) >= 11 is 0. The Morgan fingerprint density at radius 3 is 2.43 bits per heavy atom. The average molecular weight is 474 g/mol. The van der Waals surface area contributed by atoms with Gasteiger partial charge in [-0.2, -0.15) is 0 Å². The van der Waals surface area contributed by atoms with Crippen LogP contribution in [0.4, 0.5) is 14.9 Å². The number of hydrogen-bond donors (Lipinski definition) is 1. The van der Waals surface area contributed by atoms with Crippen molar-refractivity contribution in [2.75, 3.05) is 19.5 Å². The van der Waals surface area contributed by atoms with Crippen molar-refractivity contribution in [3.8, 4) is 11.5 Å². The van der Waals surface area contributed by atoms with E-state index in [0.717, 1.165) is 16.8 Å². The number of methoxy groups -OCH3 is 2. The third-order valence-electron chi connectivity index (χ3n) is 5.67. The van der Waals surface area contributed by atoms with Gasteiger partial charge in [0.05, 0.1) is 26.5 Å². The number of benzene rings is 3. The van der Waals surface area contributed by atoms with E-state index >= 15 is 0 Å². The molecule has 0 fully saturated rings.